The molecule has 0 saturated carbocycles. The molecule has 0 fully saturated rings. The zero-order chi connectivity index (χ0) is 18.5. The Morgan fingerprint density at radius 2 is 2.00 bits per heavy atom. The van der Waals surface area contributed by atoms with Gasteiger partial charge in [0.15, 0.2) is 5.96 Å². The molecule has 0 heterocycles. The third-order valence-electron chi connectivity index (χ3n) is 3.47. The van der Waals surface area contributed by atoms with Gasteiger partial charge in [-0.3, -0.25) is 4.99 Å². The van der Waals surface area contributed by atoms with Crippen LogP contribution in [0.4, 0.5) is 4.39 Å². The molecule has 142 valence electrons. The molecule has 0 amide bonds. The molecule has 7 heteroatoms. The predicted octanol–water partition coefficient (Wildman–Crippen LogP) is 1.61. The Kier molecular flexibility index (Phi) is 10.8. The molecule has 0 aliphatic carbocycles. The average molecular weight is 354 g/mol. The fraction of sp³-hybridized carbons (Fsp3) is 0.611. The van der Waals surface area contributed by atoms with Gasteiger partial charge >= 0.3 is 0 Å². The van der Waals surface area contributed by atoms with E-state index in [1.165, 1.54) is 6.07 Å². The number of nitrogens with one attached hydrogen (secondary N) is 2. The Morgan fingerprint density at radius 3 is 2.68 bits per heavy atom. The molecule has 0 radical (unpaired) electrons. The van der Waals surface area contributed by atoms with Crippen LogP contribution in [0.25, 0.3) is 0 Å². The van der Waals surface area contributed by atoms with Crippen LogP contribution < -0.4 is 10.6 Å². The van der Waals surface area contributed by atoms with Gasteiger partial charge in [0.2, 0.25) is 0 Å². The van der Waals surface area contributed by atoms with Crippen LogP contribution in [0.15, 0.2) is 23.2 Å². The van der Waals surface area contributed by atoms with Gasteiger partial charge < -0.3 is 25.0 Å². The molecule has 1 aromatic carbocycles. The van der Waals surface area contributed by atoms with Crippen LogP contribution in [0.1, 0.15) is 17.5 Å². The molecule has 0 saturated heterocycles. The van der Waals surface area contributed by atoms with Crippen LogP contribution in [0, 0.1) is 5.82 Å². The van der Waals surface area contributed by atoms with Gasteiger partial charge in [-0.25, -0.2) is 4.39 Å². The van der Waals surface area contributed by atoms with E-state index in [0.717, 1.165) is 24.5 Å². The topological polar surface area (TPSA) is 58.1 Å². The molecule has 2 N–H and O–H groups in total. The minimum absolute atomic E-state index is 0.173. The average Bonchev–Trinajstić information content (AvgIpc) is 2.59. The molecule has 25 heavy (non-hydrogen) atoms. The summed E-state index contributed by atoms with van der Waals surface area (Å²) in [6.45, 7) is 3.84. The van der Waals surface area contributed by atoms with Crippen molar-refractivity contribution in [3.05, 3.63) is 35.1 Å². The van der Waals surface area contributed by atoms with Gasteiger partial charge in [0.25, 0.3) is 0 Å². The molecule has 0 unspecified atom stereocenters. The highest BCUT2D eigenvalue weighted by atomic mass is 19.1. The van der Waals surface area contributed by atoms with Gasteiger partial charge in [-0.2, -0.15) is 0 Å². The molecular weight excluding hydrogens is 323 g/mol. The number of guanidine groups is 1. The lowest BCUT2D eigenvalue weighted by Gasteiger charge is -2.14. The summed E-state index contributed by atoms with van der Waals surface area (Å²) in [5.74, 6) is 0.545. The second-order valence-corrected chi connectivity index (χ2v) is 5.97. The SMILES string of the molecule is CN=C(NCCCOCCOC)NCc1ccc(F)c(CN(C)C)c1. The summed E-state index contributed by atoms with van der Waals surface area (Å²) >= 11 is 0. The van der Waals surface area contributed by atoms with Crippen LogP contribution in [0.3, 0.4) is 0 Å². The fourth-order valence-corrected chi connectivity index (χ4v) is 2.23. The summed E-state index contributed by atoms with van der Waals surface area (Å²) in [4.78, 5) is 6.14. The summed E-state index contributed by atoms with van der Waals surface area (Å²) in [5.41, 5.74) is 1.71. The number of benzene rings is 1. The quantitative estimate of drug-likeness (QED) is 0.359. The van der Waals surface area contributed by atoms with E-state index in [1.54, 1.807) is 20.2 Å². The third-order valence-corrected chi connectivity index (χ3v) is 3.47. The highest BCUT2D eigenvalue weighted by Gasteiger charge is 2.06. The molecule has 0 atom stereocenters. The number of aliphatic imine (C=N–C) groups is 1. The van der Waals surface area contributed by atoms with E-state index < -0.39 is 0 Å². The number of rotatable bonds is 11. The second-order valence-electron chi connectivity index (χ2n) is 5.97. The van der Waals surface area contributed by atoms with Gasteiger partial charge in [-0.15, -0.1) is 0 Å². The van der Waals surface area contributed by atoms with Crippen LogP contribution in [-0.4, -0.2) is 65.5 Å². The standard InChI is InChI=1S/C18H31FN4O2/c1-20-18(21-8-5-9-25-11-10-24-4)22-13-15-6-7-17(19)16(12-15)14-23(2)3/h6-7,12H,5,8-11,13-14H2,1-4H3,(H2,20,21,22). The summed E-state index contributed by atoms with van der Waals surface area (Å²) in [5, 5.41) is 6.47. The van der Waals surface area contributed by atoms with Crippen molar-refractivity contribution in [2.75, 3.05) is 54.6 Å². The molecular formula is C18H31FN4O2. The second kappa shape index (κ2) is 12.6. The van der Waals surface area contributed by atoms with Crippen molar-refractivity contribution in [2.45, 2.75) is 19.5 Å². The van der Waals surface area contributed by atoms with E-state index in [-0.39, 0.29) is 5.82 Å². The summed E-state index contributed by atoms with van der Waals surface area (Å²) in [6.07, 6.45) is 0.883. The monoisotopic (exact) mass is 354 g/mol. The Bertz CT molecular complexity index is 524. The zero-order valence-corrected chi connectivity index (χ0v) is 15.8. The number of halogens is 1. The van der Waals surface area contributed by atoms with E-state index in [2.05, 4.69) is 15.6 Å². The number of ether oxygens (including phenoxy) is 2. The van der Waals surface area contributed by atoms with Gasteiger partial charge in [-0.1, -0.05) is 6.07 Å². The number of hydrogen-bond acceptors (Lipinski definition) is 4. The van der Waals surface area contributed by atoms with Crippen molar-refractivity contribution >= 4 is 5.96 Å². The lowest BCUT2D eigenvalue weighted by molar-refractivity contribution is 0.0698. The zero-order valence-electron chi connectivity index (χ0n) is 15.8. The first-order valence-corrected chi connectivity index (χ1v) is 8.50. The van der Waals surface area contributed by atoms with Crippen molar-refractivity contribution in [3.8, 4) is 0 Å². The molecule has 0 aliphatic rings. The van der Waals surface area contributed by atoms with E-state index >= 15 is 0 Å². The Morgan fingerprint density at radius 1 is 1.20 bits per heavy atom. The molecule has 1 aromatic rings. The van der Waals surface area contributed by atoms with Gasteiger partial charge in [0, 0.05) is 46.0 Å². The summed E-state index contributed by atoms with van der Waals surface area (Å²) < 4.78 is 24.1. The maximum Gasteiger partial charge on any atom is 0.191 e. The highest BCUT2D eigenvalue weighted by Crippen LogP contribution is 2.12. The lowest BCUT2D eigenvalue weighted by Crippen LogP contribution is -2.37. The maximum absolute atomic E-state index is 13.8. The molecule has 0 bridgehead atoms. The molecule has 0 aromatic heterocycles. The lowest BCUT2D eigenvalue weighted by atomic mass is 10.1. The Hall–Kier alpha value is -1.70. The van der Waals surface area contributed by atoms with E-state index in [9.17, 15) is 4.39 Å². The maximum atomic E-state index is 13.8. The third kappa shape index (κ3) is 9.38. The van der Waals surface area contributed by atoms with E-state index in [1.807, 2.05) is 25.1 Å². The van der Waals surface area contributed by atoms with Gasteiger partial charge in [0.05, 0.1) is 13.2 Å². The first-order valence-electron chi connectivity index (χ1n) is 8.50. The fourth-order valence-electron chi connectivity index (χ4n) is 2.23. The van der Waals surface area contributed by atoms with Gasteiger partial charge in [-0.05, 0) is 38.2 Å². The minimum atomic E-state index is -0.173. The molecule has 0 spiro atoms. The van der Waals surface area contributed by atoms with Crippen molar-refractivity contribution in [1.82, 2.24) is 15.5 Å². The first kappa shape index (κ1) is 21.3. The van der Waals surface area contributed by atoms with Crippen molar-refractivity contribution in [1.29, 1.82) is 0 Å². The largest absolute Gasteiger partial charge is 0.382 e. The normalized spacial score (nSPS) is 11.8. The van der Waals surface area contributed by atoms with Crippen LogP contribution in [-0.2, 0) is 22.6 Å². The Balaban J connectivity index is 2.34. The van der Waals surface area contributed by atoms with Crippen molar-refractivity contribution < 1.29 is 13.9 Å². The number of methoxy groups -OCH3 is 1. The molecule has 1 rings (SSSR count). The van der Waals surface area contributed by atoms with Crippen LogP contribution >= 0.6 is 0 Å². The highest BCUT2D eigenvalue weighted by molar-refractivity contribution is 5.79. The van der Waals surface area contributed by atoms with E-state index in [4.69, 9.17) is 9.47 Å². The van der Waals surface area contributed by atoms with Gasteiger partial charge in [0.1, 0.15) is 5.82 Å². The van der Waals surface area contributed by atoms with Crippen LogP contribution in [0.2, 0.25) is 0 Å². The number of hydrogen-bond donors (Lipinski definition) is 2. The van der Waals surface area contributed by atoms with Crippen molar-refractivity contribution in [2.24, 2.45) is 4.99 Å². The molecule has 0 aliphatic heterocycles. The number of nitrogens with zero attached hydrogens (tertiary/aromatic N) is 2. The van der Waals surface area contributed by atoms with Crippen molar-refractivity contribution in [3.63, 3.8) is 0 Å². The molecule has 6 nitrogen and oxygen atoms in total. The smallest absolute Gasteiger partial charge is 0.191 e. The summed E-state index contributed by atoms with van der Waals surface area (Å²) in [6, 6.07) is 5.20. The minimum Gasteiger partial charge on any atom is -0.382 e. The van der Waals surface area contributed by atoms with Crippen LogP contribution in [0.5, 0.6) is 0 Å². The predicted molar refractivity (Wildman–Crippen MR) is 99.3 cm³/mol. The van der Waals surface area contributed by atoms with E-state index in [0.29, 0.717) is 38.5 Å². The summed E-state index contributed by atoms with van der Waals surface area (Å²) in [7, 11) is 7.24. The Labute approximate surface area is 150 Å². The first-order chi connectivity index (χ1) is 12.1.